The van der Waals surface area contributed by atoms with E-state index in [9.17, 15) is 0 Å². The van der Waals surface area contributed by atoms with Gasteiger partial charge in [-0.05, 0) is 29.5 Å². The molecule has 2 saturated heterocycles. The molecule has 0 N–H and O–H groups in total. The molecule has 3 nitrogen and oxygen atoms in total. The molecular weight excluding hydrogens is 355 g/mol. The normalized spacial score (nSPS) is 37.3. The highest BCUT2D eigenvalue weighted by atomic mass is 127. The summed E-state index contributed by atoms with van der Waals surface area (Å²) in [5.74, 6) is 0.920. The van der Waals surface area contributed by atoms with Crippen molar-refractivity contribution >= 4 is 22.6 Å². The predicted octanol–water partition coefficient (Wildman–Crippen LogP) is 3.29. The lowest BCUT2D eigenvalue weighted by molar-refractivity contribution is -0.105. The minimum Gasteiger partial charge on any atom is -0.497 e. The van der Waals surface area contributed by atoms with E-state index < -0.39 is 0 Å². The highest BCUT2D eigenvalue weighted by Gasteiger charge is 2.48. The molecule has 4 atom stereocenters. The quantitative estimate of drug-likeness (QED) is 0.600. The van der Waals surface area contributed by atoms with Crippen LogP contribution < -0.4 is 4.74 Å². The molecule has 0 aromatic heterocycles. The first-order chi connectivity index (χ1) is 9.14. The lowest BCUT2D eigenvalue weighted by Gasteiger charge is -2.37. The maximum absolute atomic E-state index is 5.95. The average molecular weight is 374 g/mol. The van der Waals surface area contributed by atoms with E-state index in [0.29, 0.717) is 0 Å². The number of alkyl halides is 1. The van der Waals surface area contributed by atoms with Crippen molar-refractivity contribution in [2.45, 2.75) is 43.7 Å². The lowest BCUT2D eigenvalue weighted by Crippen LogP contribution is -2.38. The van der Waals surface area contributed by atoms with Crippen molar-refractivity contribution in [3.63, 3.8) is 0 Å². The highest BCUT2D eigenvalue weighted by Crippen LogP contribution is 2.45. The highest BCUT2D eigenvalue weighted by molar-refractivity contribution is 14.1. The molecule has 2 fully saturated rings. The van der Waals surface area contributed by atoms with Gasteiger partial charge in [0.05, 0.1) is 19.3 Å². The molecule has 3 rings (SSSR count). The van der Waals surface area contributed by atoms with Crippen molar-refractivity contribution in [3.8, 4) is 5.75 Å². The first-order valence-corrected chi connectivity index (χ1v) is 8.18. The van der Waals surface area contributed by atoms with Gasteiger partial charge in [0.15, 0.2) is 6.29 Å². The number of halogens is 1. The summed E-state index contributed by atoms with van der Waals surface area (Å²) in [5, 5.41) is 0. The van der Waals surface area contributed by atoms with Gasteiger partial charge < -0.3 is 14.2 Å². The van der Waals surface area contributed by atoms with Crippen molar-refractivity contribution < 1.29 is 14.2 Å². The fraction of sp³-hybridized carbons (Fsp3) is 0.600. The van der Waals surface area contributed by atoms with Gasteiger partial charge in [-0.3, -0.25) is 0 Å². The van der Waals surface area contributed by atoms with Crippen LogP contribution in [-0.2, 0) is 14.9 Å². The number of ether oxygens (including phenoxy) is 3. The van der Waals surface area contributed by atoms with Crippen LogP contribution in [0, 0.1) is 0 Å². The van der Waals surface area contributed by atoms with Crippen LogP contribution in [0.4, 0.5) is 0 Å². The van der Waals surface area contributed by atoms with Gasteiger partial charge in [0.2, 0.25) is 0 Å². The zero-order valence-electron chi connectivity index (χ0n) is 11.3. The molecule has 2 aliphatic rings. The fourth-order valence-electron chi connectivity index (χ4n) is 3.14. The van der Waals surface area contributed by atoms with E-state index in [-0.39, 0.29) is 23.9 Å². The molecule has 0 radical (unpaired) electrons. The van der Waals surface area contributed by atoms with Crippen molar-refractivity contribution in [1.29, 1.82) is 0 Å². The summed E-state index contributed by atoms with van der Waals surface area (Å²) in [4.78, 5) is 0. The number of benzene rings is 1. The van der Waals surface area contributed by atoms with Crippen molar-refractivity contribution in [2.75, 3.05) is 11.5 Å². The van der Waals surface area contributed by atoms with Crippen molar-refractivity contribution in [1.82, 2.24) is 0 Å². The summed E-state index contributed by atoms with van der Waals surface area (Å²) in [7, 11) is 1.71. The Labute approximate surface area is 127 Å². The SMILES string of the molecule is COc1cccc([C@]2(C)C[C@H]3O[C@H](CI)[C@@H](C2)O3)c1. The van der Waals surface area contributed by atoms with Crippen LogP contribution in [0.15, 0.2) is 24.3 Å². The van der Waals surface area contributed by atoms with Gasteiger partial charge in [-0.2, -0.15) is 0 Å². The number of methoxy groups -OCH3 is 1. The number of fused-ring (bicyclic) bond motifs is 2. The first-order valence-electron chi connectivity index (χ1n) is 6.66. The summed E-state index contributed by atoms with van der Waals surface area (Å²) in [5.41, 5.74) is 1.44. The molecule has 0 spiro atoms. The topological polar surface area (TPSA) is 27.7 Å². The van der Waals surface area contributed by atoms with Crippen molar-refractivity contribution in [2.24, 2.45) is 0 Å². The minimum absolute atomic E-state index is 0.0466. The lowest BCUT2D eigenvalue weighted by atomic mass is 9.73. The minimum atomic E-state index is -0.0466. The van der Waals surface area contributed by atoms with Crippen LogP contribution in [0.2, 0.25) is 0 Å². The molecule has 2 bridgehead atoms. The molecule has 0 aliphatic carbocycles. The molecule has 1 aromatic carbocycles. The van der Waals surface area contributed by atoms with E-state index in [4.69, 9.17) is 14.2 Å². The Balaban J connectivity index is 1.87. The molecule has 0 saturated carbocycles. The monoisotopic (exact) mass is 374 g/mol. The summed E-state index contributed by atoms with van der Waals surface area (Å²) in [6.45, 7) is 2.31. The van der Waals surface area contributed by atoms with E-state index in [0.717, 1.165) is 23.0 Å². The van der Waals surface area contributed by atoms with E-state index >= 15 is 0 Å². The molecule has 2 heterocycles. The van der Waals surface area contributed by atoms with Crippen LogP contribution >= 0.6 is 22.6 Å². The molecule has 0 amide bonds. The Hall–Kier alpha value is -0.330. The number of hydrogen-bond acceptors (Lipinski definition) is 3. The van der Waals surface area contributed by atoms with Crippen LogP contribution in [0.5, 0.6) is 5.75 Å². The van der Waals surface area contributed by atoms with Gasteiger partial charge in [0.1, 0.15) is 5.75 Å². The Morgan fingerprint density at radius 3 is 2.95 bits per heavy atom. The molecule has 4 heteroatoms. The van der Waals surface area contributed by atoms with Gasteiger partial charge in [0, 0.05) is 10.8 Å². The second-order valence-electron chi connectivity index (χ2n) is 5.63. The molecule has 1 aromatic rings. The second-order valence-corrected chi connectivity index (χ2v) is 6.51. The van der Waals surface area contributed by atoms with Gasteiger partial charge in [-0.15, -0.1) is 0 Å². The average Bonchev–Trinajstić information content (AvgIpc) is 2.73. The first kappa shape index (κ1) is 13.6. The van der Waals surface area contributed by atoms with E-state index in [1.807, 2.05) is 6.07 Å². The third kappa shape index (κ3) is 2.50. The van der Waals surface area contributed by atoms with Gasteiger partial charge >= 0.3 is 0 Å². The zero-order chi connectivity index (χ0) is 13.5. The van der Waals surface area contributed by atoms with Gasteiger partial charge in [0.25, 0.3) is 0 Å². The third-order valence-corrected chi connectivity index (χ3v) is 5.12. The maximum Gasteiger partial charge on any atom is 0.159 e. The van der Waals surface area contributed by atoms with Crippen LogP contribution in [0.25, 0.3) is 0 Å². The zero-order valence-corrected chi connectivity index (χ0v) is 13.4. The second kappa shape index (κ2) is 5.22. The summed E-state index contributed by atoms with van der Waals surface area (Å²) >= 11 is 2.38. The van der Waals surface area contributed by atoms with E-state index in [1.165, 1.54) is 5.56 Å². The number of rotatable bonds is 3. The Morgan fingerprint density at radius 2 is 2.21 bits per heavy atom. The Bertz CT molecular complexity index is 464. The van der Waals surface area contributed by atoms with Gasteiger partial charge in [-0.1, -0.05) is 41.6 Å². The largest absolute Gasteiger partial charge is 0.497 e. The van der Waals surface area contributed by atoms with E-state index in [1.54, 1.807) is 7.11 Å². The van der Waals surface area contributed by atoms with E-state index in [2.05, 4.69) is 47.7 Å². The third-order valence-electron chi connectivity index (χ3n) is 4.26. The molecule has 0 unspecified atom stereocenters. The summed E-state index contributed by atoms with van der Waals surface area (Å²) in [6.07, 6.45) is 2.37. The maximum atomic E-state index is 5.95. The standard InChI is InChI=1S/C15H19IO3/c1-15(10-4-3-5-11(6-10)17-2)7-12-13(9-16)19-14(8-15)18-12/h3-6,12-14H,7-9H2,1-2H3/t12-,13-,14-,15+/m1/s1. The molecule has 19 heavy (non-hydrogen) atoms. The molecular formula is C15H19IO3. The van der Waals surface area contributed by atoms with Crippen LogP contribution in [0.3, 0.4) is 0 Å². The summed E-state index contributed by atoms with van der Waals surface area (Å²) in [6, 6.07) is 8.38. The Kier molecular flexibility index (Phi) is 3.75. The fourth-order valence-corrected chi connectivity index (χ4v) is 3.91. The molecule has 2 aliphatic heterocycles. The Morgan fingerprint density at radius 1 is 1.37 bits per heavy atom. The van der Waals surface area contributed by atoms with Crippen molar-refractivity contribution in [3.05, 3.63) is 29.8 Å². The predicted molar refractivity (Wildman–Crippen MR) is 82.0 cm³/mol. The van der Waals surface area contributed by atoms with Crippen LogP contribution in [0.1, 0.15) is 25.3 Å². The number of hydrogen-bond donors (Lipinski definition) is 0. The smallest absolute Gasteiger partial charge is 0.159 e. The summed E-state index contributed by atoms with van der Waals surface area (Å²) < 4.78 is 18.2. The van der Waals surface area contributed by atoms with Gasteiger partial charge in [-0.25, -0.2) is 0 Å². The molecule has 104 valence electrons. The van der Waals surface area contributed by atoms with Crippen LogP contribution in [-0.4, -0.2) is 30.0 Å².